The van der Waals surface area contributed by atoms with Crippen molar-refractivity contribution >= 4 is 40.5 Å². The number of amides is 1. The van der Waals surface area contributed by atoms with Gasteiger partial charge in [0.1, 0.15) is 5.82 Å². The first kappa shape index (κ1) is 24.0. The molecule has 7 nitrogen and oxygen atoms in total. The Hall–Kier alpha value is -3.75. The second-order valence-electron chi connectivity index (χ2n) is 8.57. The fourth-order valence-corrected chi connectivity index (χ4v) is 4.91. The summed E-state index contributed by atoms with van der Waals surface area (Å²) in [6.45, 7) is 2.42. The normalized spacial score (nSPS) is 17.2. The molecule has 36 heavy (non-hydrogen) atoms. The number of aromatic nitrogens is 3. The Kier molecular flexibility index (Phi) is 6.97. The number of halogens is 1. The van der Waals surface area contributed by atoms with Crippen LogP contribution in [0, 0.1) is 6.92 Å². The quantitative estimate of drug-likeness (QED) is 0.328. The van der Waals surface area contributed by atoms with Crippen LogP contribution < -0.4 is 10.6 Å². The average Bonchev–Trinajstić information content (AvgIpc) is 3.49. The zero-order valence-corrected chi connectivity index (χ0v) is 21.2. The number of nitrogens with one attached hydrogen (secondary N) is 2. The summed E-state index contributed by atoms with van der Waals surface area (Å²) in [6, 6.07) is 20.9. The van der Waals surface area contributed by atoms with Gasteiger partial charge in [0, 0.05) is 42.9 Å². The molecule has 0 radical (unpaired) electrons. The summed E-state index contributed by atoms with van der Waals surface area (Å²) in [5, 5.41) is 7.60. The van der Waals surface area contributed by atoms with Crippen molar-refractivity contribution in [2.75, 3.05) is 11.9 Å². The highest BCUT2D eigenvalue weighted by Crippen LogP contribution is 2.39. The Bertz CT molecular complexity index is 1370. The lowest BCUT2D eigenvalue weighted by Gasteiger charge is -2.28. The molecule has 4 aromatic rings. The van der Waals surface area contributed by atoms with E-state index in [0.29, 0.717) is 16.7 Å². The fraction of sp³-hybridized carbons (Fsp3) is 0.185. The van der Waals surface area contributed by atoms with E-state index in [4.69, 9.17) is 23.8 Å². The highest BCUT2D eigenvalue weighted by atomic mass is 35.5. The number of benzene rings is 1. The van der Waals surface area contributed by atoms with E-state index in [-0.39, 0.29) is 24.4 Å². The number of carbonyl (C=O) groups is 1. The third-order valence-corrected chi connectivity index (χ3v) is 6.81. The van der Waals surface area contributed by atoms with Crippen LogP contribution in [-0.4, -0.2) is 37.0 Å². The molecule has 5 rings (SSSR count). The third-order valence-electron chi connectivity index (χ3n) is 6.24. The summed E-state index contributed by atoms with van der Waals surface area (Å²) in [6.07, 6.45) is 5.64. The maximum atomic E-state index is 12.9. The van der Waals surface area contributed by atoms with Crippen LogP contribution in [0.2, 0.25) is 5.02 Å². The van der Waals surface area contributed by atoms with Gasteiger partial charge in [0.2, 0.25) is 5.91 Å². The highest BCUT2D eigenvalue weighted by Gasteiger charge is 2.41. The number of para-hydroxylation sites is 1. The number of thiocarbonyl (C=S) groups is 1. The first-order chi connectivity index (χ1) is 17.5. The van der Waals surface area contributed by atoms with Gasteiger partial charge in [-0.2, -0.15) is 0 Å². The minimum absolute atomic E-state index is 0.0677. The van der Waals surface area contributed by atoms with Gasteiger partial charge in [0.15, 0.2) is 5.11 Å². The number of nitrogens with zero attached hydrogens (tertiary/aromatic N) is 4. The lowest BCUT2D eigenvalue weighted by molar-refractivity contribution is -0.116. The zero-order valence-electron chi connectivity index (χ0n) is 19.6. The summed E-state index contributed by atoms with van der Waals surface area (Å²) in [5.74, 6) is 0.677. The van der Waals surface area contributed by atoms with E-state index in [2.05, 4.69) is 25.5 Å². The van der Waals surface area contributed by atoms with Gasteiger partial charge in [0.05, 0.1) is 22.8 Å². The number of pyridine rings is 2. The van der Waals surface area contributed by atoms with Crippen LogP contribution in [0.3, 0.4) is 0 Å². The average molecular weight is 517 g/mol. The molecule has 9 heteroatoms. The molecule has 1 saturated heterocycles. The Labute approximate surface area is 220 Å². The molecular formula is C27H25ClN6OS. The molecule has 0 bridgehead atoms. The smallest absolute Gasteiger partial charge is 0.226 e. The molecule has 1 amide bonds. The van der Waals surface area contributed by atoms with Gasteiger partial charge in [-0.15, -0.1) is 0 Å². The molecule has 2 atom stereocenters. The minimum atomic E-state index is -0.203. The molecule has 3 aromatic heterocycles. The Morgan fingerprint density at radius 2 is 1.92 bits per heavy atom. The first-order valence-electron chi connectivity index (χ1n) is 11.6. The molecule has 1 fully saturated rings. The first-order valence-corrected chi connectivity index (χ1v) is 12.4. The Morgan fingerprint density at radius 1 is 1.08 bits per heavy atom. The molecule has 0 aliphatic carbocycles. The van der Waals surface area contributed by atoms with Gasteiger partial charge in [-0.05, 0) is 67.2 Å². The summed E-state index contributed by atoms with van der Waals surface area (Å²) < 4.78 is 2.02. The number of carbonyl (C=O) groups excluding carboxylic acids is 1. The van der Waals surface area contributed by atoms with Crippen molar-refractivity contribution in [2.24, 2.45) is 0 Å². The lowest BCUT2D eigenvalue weighted by Crippen LogP contribution is -2.33. The molecule has 0 saturated carbocycles. The summed E-state index contributed by atoms with van der Waals surface area (Å²) in [7, 11) is 0. The molecular weight excluding hydrogens is 492 g/mol. The summed E-state index contributed by atoms with van der Waals surface area (Å²) in [4.78, 5) is 24.0. The third kappa shape index (κ3) is 4.96. The maximum Gasteiger partial charge on any atom is 0.226 e. The highest BCUT2D eigenvalue weighted by molar-refractivity contribution is 7.80. The van der Waals surface area contributed by atoms with Crippen molar-refractivity contribution in [3.05, 3.63) is 107 Å². The number of rotatable bonds is 7. The SMILES string of the molecule is Cc1ccccc1NC(=O)CCN1C(=S)N[C@H](c2ccccn2)[C@@H]1c1cccn1-c1ccc(Cl)cn1. The second kappa shape index (κ2) is 10.5. The molecule has 1 aliphatic rings. The van der Waals surface area contributed by atoms with Gasteiger partial charge in [0.25, 0.3) is 0 Å². The Balaban J connectivity index is 1.44. The van der Waals surface area contributed by atoms with Gasteiger partial charge < -0.3 is 20.1 Å². The molecule has 2 N–H and O–H groups in total. The van der Waals surface area contributed by atoms with Crippen LogP contribution >= 0.6 is 23.8 Å². The van der Waals surface area contributed by atoms with Crippen LogP contribution in [0.25, 0.3) is 5.82 Å². The molecule has 4 heterocycles. The standard InChI is InChI=1S/C27H25ClN6OS/c1-18-7-2-3-8-20(18)31-24(35)13-16-34-26(25(32-27(34)36)21-9-4-5-14-29-21)22-10-6-15-33(22)23-12-11-19(28)17-30-23/h2-12,14-15,17,25-26H,13,16H2,1H3,(H,31,35)(H,32,36)/t25-,26+/m1/s1. The van der Waals surface area contributed by atoms with E-state index in [9.17, 15) is 4.79 Å². The van der Waals surface area contributed by atoms with E-state index in [1.165, 1.54) is 0 Å². The van der Waals surface area contributed by atoms with Gasteiger partial charge >= 0.3 is 0 Å². The maximum absolute atomic E-state index is 12.9. The number of hydrogen-bond acceptors (Lipinski definition) is 4. The van der Waals surface area contributed by atoms with Crippen LogP contribution in [-0.2, 0) is 4.79 Å². The largest absolute Gasteiger partial charge is 0.352 e. The summed E-state index contributed by atoms with van der Waals surface area (Å²) in [5.41, 5.74) is 3.68. The van der Waals surface area contributed by atoms with Crippen molar-refractivity contribution < 1.29 is 4.79 Å². The fourth-order valence-electron chi connectivity index (χ4n) is 4.47. The van der Waals surface area contributed by atoms with Crippen molar-refractivity contribution in [1.29, 1.82) is 0 Å². The Morgan fingerprint density at radius 3 is 2.67 bits per heavy atom. The van der Waals surface area contributed by atoms with Crippen molar-refractivity contribution in [3.63, 3.8) is 0 Å². The number of aryl methyl sites for hydroxylation is 1. The minimum Gasteiger partial charge on any atom is -0.352 e. The molecule has 1 aliphatic heterocycles. The second-order valence-corrected chi connectivity index (χ2v) is 9.39. The topological polar surface area (TPSA) is 75.1 Å². The van der Waals surface area contributed by atoms with Crippen LogP contribution in [0.5, 0.6) is 0 Å². The van der Waals surface area contributed by atoms with E-state index < -0.39 is 0 Å². The van der Waals surface area contributed by atoms with Gasteiger partial charge in [-0.1, -0.05) is 35.9 Å². The van der Waals surface area contributed by atoms with Crippen molar-refractivity contribution in [1.82, 2.24) is 24.8 Å². The number of anilines is 1. The molecule has 0 unspecified atom stereocenters. The van der Waals surface area contributed by atoms with Crippen LogP contribution in [0.15, 0.2) is 85.3 Å². The molecule has 182 valence electrons. The van der Waals surface area contributed by atoms with Crippen LogP contribution in [0.4, 0.5) is 5.69 Å². The monoisotopic (exact) mass is 516 g/mol. The molecule has 1 aromatic carbocycles. The van der Waals surface area contributed by atoms with Crippen molar-refractivity contribution in [2.45, 2.75) is 25.4 Å². The van der Waals surface area contributed by atoms with Gasteiger partial charge in [-0.3, -0.25) is 9.78 Å². The van der Waals surface area contributed by atoms with E-state index in [0.717, 1.165) is 28.5 Å². The predicted molar refractivity (Wildman–Crippen MR) is 145 cm³/mol. The van der Waals surface area contributed by atoms with Gasteiger partial charge in [-0.25, -0.2) is 4.98 Å². The van der Waals surface area contributed by atoms with E-state index in [1.807, 2.05) is 84.4 Å². The van der Waals surface area contributed by atoms with Crippen molar-refractivity contribution in [3.8, 4) is 5.82 Å². The molecule has 0 spiro atoms. The number of hydrogen-bond donors (Lipinski definition) is 2. The van der Waals surface area contributed by atoms with E-state index in [1.54, 1.807) is 12.4 Å². The zero-order chi connectivity index (χ0) is 25.1. The van der Waals surface area contributed by atoms with E-state index >= 15 is 0 Å². The predicted octanol–water partition coefficient (Wildman–Crippen LogP) is 5.23. The lowest BCUT2D eigenvalue weighted by atomic mass is 10.0. The summed E-state index contributed by atoms with van der Waals surface area (Å²) >= 11 is 11.8. The van der Waals surface area contributed by atoms with Crippen LogP contribution in [0.1, 0.15) is 35.5 Å².